The molecule has 0 aliphatic heterocycles. The van der Waals surface area contributed by atoms with Gasteiger partial charge in [-0.05, 0) is 45.0 Å². The molecule has 0 fully saturated rings. The summed E-state index contributed by atoms with van der Waals surface area (Å²) in [5.74, 6) is -0.263. The van der Waals surface area contributed by atoms with Crippen molar-refractivity contribution in [3.63, 3.8) is 0 Å². The van der Waals surface area contributed by atoms with Gasteiger partial charge < -0.3 is 4.57 Å². The van der Waals surface area contributed by atoms with E-state index in [1.807, 2.05) is 0 Å². The molecule has 0 bridgehead atoms. The van der Waals surface area contributed by atoms with E-state index in [1.165, 1.54) is 17.8 Å². The minimum atomic E-state index is -0.263. The number of aliphatic imine (C=N–C) groups is 1. The SMILES string of the molecule is Cc1cc(C=Nc2cccc(F)c2)cn1C(C)C. The Morgan fingerprint density at radius 1 is 1.28 bits per heavy atom. The second-order valence-corrected chi connectivity index (χ2v) is 4.65. The van der Waals surface area contributed by atoms with Gasteiger partial charge in [0.05, 0.1) is 5.69 Å². The Balaban J connectivity index is 2.21. The Morgan fingerprint density at radius 3 is 2.67 bits per heavy atom. The highest BCUT2D eigenvalue weighted by atomic mass is 19.1. The zero-order valence-corrected chi connectivity index (χ0v) is 10.9. The number of aryl methyl sites for hydroxylation is 1. The quantitative estimate of drug-likeness (QED) is 0.717. The van der Waals surface area contributed by atoms with E-state index in [-0.39, 0.29) is 5.82 Å². The van der Waals surface area contributed by atoms with Gasteiger partial charge in [0, 0.05) is 29.7 Å². The van der Waals surface area contributed by atoms with Crippen molar-refractivity contribution in [2.24, 2.45) is 4.99 Å². The number of nitrogens with zero attached hydrogens (tertiary/aromatic N) is 2. The third kappa shape index (κ3) is 2.86. The molecule has 0 aliphatic rings. The molecule has 0 unspecified atom stereocenters. The molecule has 2 rings (SSSR count). The van der Waals surface area contributed by atoms with Crippen molar-refractivity contribution in [3.05, 3.63) is 53.6 Å². The smallest absolute Gasteiger partial charge is 0.125 e. The van der Waals surface area contributed by atoms with Crippen LogP contribution in [0.1, 0.15) is 31.1 Å². The topological polar surface area (TPSA) is 17.3 Å². The van der Waals surface area contributed by atoms with Crippen LogP contribution in [0.15, 0.2) is 41.5 Å². The van der Waals surface area contributed by atoms with E-state index in [9.17, 15) is 4.39 Å². The third-order valence-corrected chi connectivity index (χ3v) is 2.80. The molecular formula is C15H17FN2. The highest BCUT2D eigenvalue weighted by molar-refractivity contribution is 5.82. The standard InChI is InChI=1S/C15H17FN2/c1-11(2)18-10-13(7-12(18)3)9-17-15-6-4-5-14(16)8-15/h4-11H,1-3H3. The highest BCUT2D eigenvalue weighted by Crippen LogP contribution is 2.15. The van der Waals surface area contributed by atoms with Crippen molar-refractivity contribution in [1.82, 2.24) is 4.57 Å². The van der Waals surface area contributed by atoms with Crippen LogP contribution >= 0.6 is 0 Å². The molecule has 0 radical (unpaired) electrons. The molecule has 0 atom stereocenters. The van der Waals surface area contributed by atoms with E-state index >= 15 is 0 Å². The average molecular weight is 244 g/mol. The highest BCUT2D eigenvalue weighted by Gasteiger charge is 2.03. The van der Waals surface area contributed by atoms with Gasteiger partial charge in [0.1, 0.15) is 5.82 Å². The molecule has 1 aromatic carbocycles. The second-order valence-electron chi connectivity index (χ2n) is 4.65. The fraction of sp³-hybridized carbons (Fsp3) is 0.267. The van der Waals surface area contributed by atoms with Gasteiger partial charge in [-0.15, -0.1) is 0 Å². The number of hydrogen-bond acceptors (Lipinski definition) is 1. The predicted octanol–water partition coefficient (Wildman–Crippen LogP) is 4.27. The van der Waals surface area contributed by atoms with Gasteiger partial charge in [-0.3, -0.25) is 4.99 Å². The van der Waals surface area contributed by atoms with Crippen molar-refractivity contribution >= 4 is 11.9 Å². The number of hydrogen-bond donors (Lipinski definition) is 0. The first-order valence-electron chi connectivity index (χ1n) is 6.04. The van der Waals surface area contributed by atoms with Crippen LogP contribution in [0.4, 0.5) is 10.1 Å². The van der Waals surface area contributed by atoms with Crippen LogP contribution in [0.2, 0.25) is 0 Å². The molecule has 1 heterocycles. The van der Waals surface area contributed by atoms with Gasteiger partial charge >= 0.3 is 0 Å². The molecule has 0 aliphatic carbocycles. The Hall–Kier alpha value is -1.90. The lowest BCUT2D eigenvalue weighted by atomic mass is 10.3. The molecule has 1 aromatic heterocycles. The zero-order valence-electron chi connectivity index (χ0n) is 10.9. The Kier molecular flexibility index (Phi) is 3.60. The van der Waals surface area contributed by atoms with Crippen molar-refractivity contribution in [2.75, 3.05) is 0 Å². The molecule has 3 heteroatoms. The maximum atomic E-state index is 13.0. The first-order chi connectivity index (χ1) is 8.56. The summed E-state index contributed by atoms with van der Waals surface area (Å²) in [7, 11) is 0. The van der Waals surface area contributed by atoms with Crippen LogP contribution in [0.25, 0.3) is 0 Å². The second kappa shape index (κ2) is 5.17. The predicted molar refractivity (Wildman–Crippen MR) is 73.2 cm³/mol. The van der Waals surface area contributed by atoms with Crippen molar-refractivity contribution in [2.45, 2.75) is 26.8 Å². The van der Waals surface area contributed by atoms with Crippen LogP contribution < -0.4 is 0 Å². The van der Waals surface area contributed by atoms with Crippen molar-refractivity contribution < 1.29 is 4.39 Å². The first kappa shape index (κ1) is 12.6. The largest absolute Gasteiger partial charge is 0.349 e. The minimum Gasteiger partial charge on any atom is -0.349 e. The summed E-state index contributed by atoms with van der Waals surface area (Å²) in [4.78, 5) is 4.27. The average Bonchev–Trinajstić information content (AvgIpc) is 2.68. The Labute approximate surface area is 107 Å². The van der Waals surface area contributed by atoms with Crippen molar-refractivity contribution in [3.8, 4) is 0 Å². The summed E-state index contributed by atoms with van der Waals surface area (Å²) < 4.78 is 15.2. The molecule has 0 saturated carbocycles. The van der Waals surface area contributed by atoms with Gasteiger partial charge in [-0.1, -0.05) is 6.07 Å². The van der Waals surface area contributed by atoms with Crippen LogP contribution in [-0.4, -0.2) is 10.8 Å². The summed E-state index contributed by atoms with van der Waals surface area (Å²) in [6.45, 7) is 6.35. The lowest BCUT2D eigenvalue weighted by Gasteiger charge is -2.08. The monoisotopic (exact) mass is 244 g/mol. The maximum absolute atomic E-state index is 13.0. The Bertz CT molecular complexity index is 568. The molecule has 0 amide bonds. The molecular weight excluding hydrogens is 227 g/mol. The van der Waals surface area contributed by atoms with E-state index in [0.29, 0.717) is 11.7 Å². The number of aromatic nitrogens is 1. The molecule has 0 saturated heterocycles. The molecule has 94 valence electrons. The van der Waals surface area contributed by atoms with Crippen LogP contribution in [-0.2, 0) is 0 Å². The summed E-state index contributed by atoms with van der Waals surface area (Å²) in [6, 6.07) is 8.78. The van der Waals surface area contributed by atoms with Gasteiger partial charge in [0.15, 0.2) is 0 Å². The van der Waals surface area contributed by atoms with E-state index in [2.05, 4.69) is 42.6 Å². The number of rotatable bonds is 3. The van der Waals surface area contributed by atoms with Crippen LogP contribution in [0.5, 0.6) is 0 Å². The summed E-state index contributed by atoms with van der Waals surface area (Å²) in [5, 5.41) is 0. The van der Waals surface area contributed by atoms with E-state index in [1.54, 1.807) is 18.3 Å². The molecule has 18 heavy (non-hydrogen) atoms. The molecule has 2 aromatic rings. The van der Waals surface area contributed by atoms with E-state index in [0.717, 1.165) is 5.56 Å². The summed E-state index contributed by atoms with van der Waals surface area (Å²) in [6.07, 6.45) is 3.82. The molecule has 0 N–H and O–H groups in total. The van der Waals surface area contributed by atoms with Gasteiger partial charge in [-0.25, -0.2) is 4.39 Å². The van der Waals surface area contributed by atoms with Gasteiger partial charge in [0.2, 0.25) is 0 Å². The van der Waals surface area contributed by atoms with E-state index in [4.69, 9.17) is 0 Å². The molecule has 2 nitrogen and oxygen atoms in total. The van der Waals surface area contributed by atoms with Gasteiger partial charge in [-0.2, -0.15) is 0 Å². The maximum Gasteiger partial charge on any atom is 0.125 e. The first-order valence-corrected chi connectivity index (χ1v) is 6.04. The summed E-state index contributed by atoms with van der Waals surface area (Å²) in [5.41, 5.74) is 2.86. The summed E-state index contributed by atoms with van der Waals surface area (Å²) >= 11 is 0. The normalized spacial score (nSPS) is 11.6. The lowest BCUT2D eigenvalue weighted by molar-refractivity contribution is 0.589. The fourth-order valence-electron chi connectivity index (χ4n) is 1.95. The molecule has 0 spiro atoms. The van der Waals surface area contributed by atoms with Crippen LogP contribution in [0.3, 0.4) is 0 Å². The number of benzene rings is 1. The van der Waals surface area contributed by atoms with Crippen molar-refractivity contribution in [1.29, 1.82) is 0 Å². The lowest BCUT2D eigenvalue weighted by Crippen LogP contribution is -2.00. The number of halogens is 1. The Morgan fingerprint density at radius 2 is 2.06 bits per heavy atom. The minimum absolute atomic E-state index is 0.263. The third-order valence-electron chi connectivity index (χ3n) is 2.80. The van der Waals surface area contributed by atoms with Crippen LogP contribution in [0, 0.1) is 12.7 Å². The zero-order chi connectivity index (χ0) is 13.1. The van der Waals surface area contributed by atoms with Gasteiger partial charge in [0.25, 0.3) is 0 Å². The van der Waals surface area contributed by atoms with E-state index < -0.39 is 0 Å². The fourth-order valence-corrected chi connectivity index (χ4v) is 1.95.